The molecular weight excluding hydrogens is 679 g/mol. The molecule has 7 aromatic carbocycles. The van der Waals surface area contributed by atoms with Gasteiger partial charge in [-0.2, -0.15) is 0 Å². The summed E-state index contributed by atoms with van der Waals surface area (Å²) in [7, 11) is 0. The highest BCUT2D eigenvalue weighted by molar-refractivity contribution is 6.10. The second-order valence-electron chi connectivity index (χ2n) is 14.9. The molecule has 0 N–H and O–H groups in total. The molecule has 0 saturated heterocycles. The maximum absolute atomic E-state index is 15.0. The van der Waals surface area contributed by atoms with Crippen molar-refractivity contribution in [2.45, 2.75) is 47.0 Å². The minimum Gasteiger partial charge on any atom is -0.310 e. The molecule has 0 atom stereocenters. The topological polar surface area (TPSA) is 6.48 Å². The molecule has 1 aliphatic rings. The first-order valence-electron chi connectivity index (χ1n) is 18.9. The van der Waals surface area contributed by atoms with E-state index in [0.29, 0.717) is 0 Å². The quantitative estimate of drug-likeness (QED) is 0.154. The Hall–Kier alpha value is -6.26. The van der Waals surface area contributed by atoms with Crippen molar-refractivity contribution < 1.29 is 8.78 Å². The predicted molar refractivity (Wildman–Crippen MR) is 230 cm³/mol. The van der Waals surface area contributed by atoms with Crippen molar-refractivity contribution in [1.82, 2.24) is 0 Å². The molecule has 0 saturated carbocycles. The maximum atomic E-state index is 15.0. The molecule has 7 aromatic rings. The van der Waals surface area contributed by atoms with Gasteiger partial charge in [-0.15, -0.1) is 0 Å². The SMILES string of the molecule is C/C=C\c1cc(N(c2cccc(F)c2)c2ccc3c(c2)C(C)(C)c2cc(N(c4cccc(F)c4)c4ccc(C)c(/C=C\C)c4)c4ccccc4c2-3)ccc1C. The van der Waals surface area contributed by atoms with Gasteiger partial charge in [0.1, 0.15) is 11.6 Å². The third kappa shape index (κ3) is 6.32. The first-order chi connectivity index (χ1) is 26.6. The Balaban J connectivity index is 1.35. The molecular formula is C51H44F2N2. The Bertz CT molecular complexity index is 2670. The van der Waals surface area contributed by atoms with E-state index in [0.717, 1.165) is 56.0 Å². The Labute approximate surface area is 323 Å². The Morgan fingerprint density at radius 3 is 1.58 bits per heavy atom. The Morgan fingerprint density at radius 1 is 0.491 bits per heavy atom. The molecule has 0 amide bonds. The fourth-order valence-corrected chi connectivity index (χ4v) is 8.23. The molecule has 0 heterocycles. The van der Waals surface area contributed by atoms with Gasteiger partial charge < -0.3 is 9.80 Å². The van der Waals surface area contributed by atoms with Gasteiger partial charge in [-0.3, -0.25) is 0 Å². The maximum Gasteiger partial charge on any atom is 0.125 e. The van der Waals surface area contributed by atoms with E-state index in [1.54, 1.807) is 24.3 Å². The van der Waals surface area contributed by atoms with Gasteiger partial charge in [-0.05, 0) is 156 Å². The number of allylic oxidation sites excluding steroid dienone is 2. The third-order valence-corrected chi connectivity index (χ3v) is 11.0. The van der Waals surface area contributed by atoms with Gasteiger partial charge in [0, 0.05) is 39.2 Å². The second kappa shape index (κ2) is 14.2. The van der Waals surface area contributed by atoms with Gasteiger partial charge in [0.25, 0.3) is 0 Å². The number of hydrogen-bond acceptors (Lipinski definition) is 2. The summed E-state index contributed by atoms with van der Waals surface area (Å²) in [4.78, 5) is 4.33. The number of nitrogens with zero attached hydrogens (tertiary/aromatic N) is 2. The van der Waals surface area contributed by atoms with E-state index in [-0.39, 0.29) is 11.6 Å². The number of hydrogen-bond donors (Lipinski definition) is 0. The zero-order valence-electron chi connectivity index (χ0n) is 32.2. The van der Waals surface area contributed by atoms with Crippen molar-refractivity contribution in [1.29, 1.82) is 0 Å². The second-order valence-corrected chi connectivity index (χ2v) is 14.9. The van der Waals surface area contributed by atoms with Crippen LogP contribution in [0.3, 0.4) is 0 Å². The van der Waals surface area contributed by atoms with Crippen LogP contribution >= 0.6 is 0 Å². The Kier molecular flexibility index (Phi) is 9.22. The summed E-state index contributed by atoms with van der Waals surface area (Å²) in [5.74, 6) is -0.575. The van der Waals surface area contributed by atoms with Crippen LogP contribution in [0.15, 0.2) is 146 Å². The van der Waals surface area contributed by atoms with Crippen molar-refractivity contribution in [3.63, 3.8) is 0 Å². The van der Waals surface area contributed by atoms with Crippen LogP contribution < -0.4 is 9.80 Å². The number of aryl methyl sites for hydroxylation is 2. The molecule has 0 unspecified atom stereocenters. The number of fused-ring (bicyclic) bond motifs is 5. The van der Waals surface area contributed by atoms with Crippen LogP contribution in [0.2, 0.25) is 0 Å². The summed E-state index contributed by atoms with van der Waals surface area (Å²) in [5.41, 5.74) is 14.2. The Morgan fingerprint density at radius 2 is 1.00 bits per heavy atom. The molecule has 0 fully saturated rings. The summed E-state index contributed by atoms with van der Waals surface area (Å²) in [6.45, 7) is 12.8. The average molecular weight is 723 g/mol. The van der Waals surface area contributed by atoms with Crippen LogP contribution in [-0.2, 0) is 5.41 Å². The minimum absolute atomic E-state index is 0.287. The van der Waals surface area contributed by atoms with Gasteiger partial charge in [0.05, 0.1) is 5.69 Å². The van der Waals surface area contributed by atoms with E-state index in [2.05, 4.69) is 135 Å². The molecule has 0 spiro atoms. The lowest BCUT2D eigenvalue weighted by atomic mass is 9.81. The van der Waals surface area contributed by atoms with Crippen molar-refractivity contribution in [3.05, 3.63) is 191 Å². The molecule has 0 bridgehead atoms. The lowest BCUT2D eigenvalue weighted by Gasteiger charge is -2.30. The van der Waals surface area contributed by atoms with Gasteiger partial charge in [0.15, 0.2) is 0 Å². The lowest BCUT2D eigenvalue weighted by Crippen LogP contribution is -2.18. The van der Waals surface area contributed by atoms with Gasteiger partial charge in [0.2, 0.25) is 0 Å². The summed E-state index contributed by atoms with van der Waals surface area (Å²) < 4.78 is 29.9. The van der Waals surface area contributed by atoms with Crippen LogP contribution in [0.4, 0.5) is 42.9 Å². The highest BCUT2D eigenvalue weighted by Crippen LogP contribution is 2.56. The van der Waals surface area contributed by atoms with E-state index in [9.17, 15) is 4.39 Å². The number of rotatable bonds is 8. The zero-order chi connectivity index (χ0) is 38.4. The first-order valence-corrected chi connectivity index (χ1v) is 18.9. The average Bonchev–Trinajstić information content (AvgIpc) is 3.40. The monoisotopic (exact) mass is 722 g/mol. The van der Waals surface area contributed by atoms with Crippen molar-refractivity contribution in [2.24, 2.45) is 0 Å². The lowest BCUT2D eigenvalue weighted by molar-refractivity contribution is 0.627. The molecule has 1 aliphatic carbocycles. The van der Waals surface area contributed by atoms with Gasteiger partial charge in [-0.25, -0.2) is 8.78 Å². The van der Waals surface area contributed by atoms with E-state index < -0.39 is 5.41 Å². The highest BCUT2D eigenvalue weighted by Gasteiger charge is 2.38. The fraction of sp³-hybridized carbons (Fsp3) is 0.137. The van der Waals surface area contributed by atoms with E-state index in [1.165, 1.54) is 45.5 Å². The van der Waals surface area contributed by atoms with Gasteiger partial charge in [-0.1, -0.05) is 92.7 Å². The number of anilines is 6. The fourth-order valence-electron chi connectivity index (χ4n) is 8.23. The smallest absolute Gasteiger partial charge is 0.125 e. The summed E-state index contributed by atoms with van der Waals surface area (Å²) in [6.07, 6.45) is 8.32. The molecule has 2 nitrogen and oxygen atoms in total. The van der Waals surface area contributed by atoms with E-state index in [4.69, 9.17) is 0 Å². The van der Waals surface area contributed by atoms with Crippen molar-refractivity contribution in [2.75, 3.05) is 9.80 Å². The zero-order valence-corrected chi connectivity index (χ0v) is 32.2. The molecule has 0 aliphatic heterocycles. The van der Waals surface area contributed by atoms with Crippen molar-refractivity contribution >= 4 is 57.0 Å². The molecule has 8 rings (SSSR count). The normalized spacial score (nSPS) is 13.1. The summed E-state index contributed by atoms with van der Waals surface area (Å²) >= 11 is 0. The highest BCUT2D eigenvalue weighted by atomic mass is 19.1. The van der Waals surface area contributed by atoms with Crippen LogP contribution in [0.1, 0.15) is 61.1 Å². The predicted octanol–water partition coefficient (Wildman–Crippen LogP) is 15.0. The molecule has 4 heteroatoms. The summed E-state index contributed by atoms with van der Waals surface area (Å²) in [5, 5.41) is 2.21. The van der Waals surface area contributed by atoms with Crippen LogP contribution in [-0.4, -0.2) is 0 Å². The summed E-state index contributed by atoms with van der Waals surface area (Å²) in [6, 6.07) is 44.0. The molecule has 272 valence electrons. The molecule has 0 radical (unpaired) electrons. The van der Waals surface area contributed by atoms with E-state index in [1.807, 2.05) is 38.1 Å². The molecule has 0 aromatic heterocycles. The molecule has 55 heavy (non-hydrogen) atoms. The van der Waals surface area contributed by atoms with E-state index >= 15 is 4.39 Å². The largest absolute Gasteiger partial charge is 0.310 e. The minimum atomic E-state index is -0.409. The van der Waals surface area contributed by atoms with Crippen molar-refractivity contribution in [3.8, 4) is 11.1 Å². The third-order valence-electron chi connectivity index (χ3n) is 11.0. The first kappa shape index (κ1) is 35.8. The van der Waals surface area contributed by atoms with Gasteiger partial charge >= 0.3 is 0 Å². The standard InChI is InChI=1S/C51H44F2N2/c1-7-13-35-27-41(23-21-33(35)3)54(39-17-11-15-37(52)29-39)43-25-26-46-47(31-43)51(5,6)48-32-49(44-19-9-10-20-45(44)50(46)48)55(40-18-12-16-38(53)30-40)42-24-22-34(4)36(28-42)14-8-2/h7-32H,1-6H3/b13-7-,14-8-. The van der Waals surface area contributed by atoms with Crippen LogP contribution in [0, 0.1) is 25.5 Å². The van der Waals surface area contributed by atoms with Crippen LogP contribution in [0.5, 0.6) is 0 Å². The number of benzene rings is 7. The van der Waals surface area contributed by atoms with Crippen LogP contribution in [0.25, 0.3) is 34.1 Å². The number of halogens is 2.